The lowest BCUT2D eigenvalue weighted by atomic mass is 10.1. The predicted molar refractivity (Wildman–Crippen MR) is 77.9 cm³/mol. The smallest absolute Gasteiger partial charge is 0.319 e. The number of alkyl halides is 3. The molecule has 2 aromatic heterocycles. The minimum Gasteiger partial charge on any atom is -0.319 e. The van der Waals surface area contributed by atoms with Crippen LogP contribution in [-0.4, -0.2) is 20.7 Å². The number of nitrogens with zero attached hydrogens (tertiary/aromatic N) is 3. The van der Waals surface area contributed by atoms with E-state index in [1.54, 1.807) is 30.5 Å². The third-order valence-electron chi connectivity index (χ3n) is 3.21. The van der Waals surface area contributed by atoms with Gasteiger partial charge in [-0.15, -0.1) is 0 Å². The second-order valence-corrected chi connectivity index (χ2v) is 4.93. The fourth-order valence-electron chi connectivity index (χ4n) is 2.20. The van der Waals surface area contributed by atoms with Gasteiger partial charge in [-0.2, -0.15) is 18.3 Å². The van der Waals surface area contributed by atoms with E-state index in [0.717, 1.165) is 16.3 Å². The van der Waals surface area contributed by atoms with Gasteiger partial charge in [0.25, 0.3) is 5.91 Å². The SMILES string of the molecule is Cn1cc(NC(=O)c2ccc3ncccc3c2)c(C(F)(F)F)n1. The normalized spacial score (nSPS) is 11.7. The molecule has 118 valence electrons. The molecule has 1 aromatic carbocycles. The minimum absolute atomic E-state index is 0.238. The van der Waals surface area contributed by atoms with Gasteiger partial charge in [-0.05, 0) is 24.3 Å². The Bertz CT molecular complexity index is 886. The molecule has 3 rings (SSSR count). The van der Waals surface area contributed by atoms with Crippen molar-refractivity contribution in [1.82, 2.24) is 14.8 Å². The first-order valence-corrected chi connectivity index (χ1v) is 6.61. The maximum atomic E-state index is 12.9. The highest BCUT2D eigenvalue weighted by Crippen LogP contribution is 2.33. The van der Waals surface area contributed by atoms with E-state index in [1.165, 1.54) is 13.1 Å². The fraction of sp³-hybridized carbons (Fsp3) is 0.133. The number of amides is 1. The fourth-order valence-corrected chi connectivity index (χ4v) is 2.20. The first kappa shape index (κ1) is 15.0. The largest absolute Gasteiger partial charge is 0.437 e. The summed E-state index contributed by atoms with van der Waals surface area (Å²) in [5.41, 5.74) is -0.573. The van der Waals surface area contributed by atoms with Crippen molar-refractivity contribution in [3.63, 3.8) is 0 Å². The molecular formula is C15H11F3N4O. The first-order valence-electron chi connectivity index (χ1n) is 6.61. The Morgan fingerprint density at radius 3 is 2.78 bits per heavy atom. The van der Waals surface area contributed by atoms with Crippen LogP contribution in [0.2, 0.25) is 0 Å². The molecule has 3 aromatic rings. The molecule has 0 saturated heterocycles. The molecule has 8 heteroatoms. The zero-order valence-electron chi connectivity index (χ0n) is 11.9. The van der Waals surface area contributed by atoms with Gasteiger partial charge in [-0.3, -0.25) is 14.5 Å². The van der Waals surface area contributed by atoms with E-state index in [4.69, 9.17) is 0 Å². The molecule has 0 aliphatic carbocycles. The number of benzene rings is 1. The average molecular weight is 320 g/mol. The molecule has 0 bridgehead atoms. The van der Waals surface area contributed by atoms with E-state index in [2.05, 4.69) is 15.4 Å². The molecule has 0 atom stereocenters. The van der Waals surface area contributed by atoms with E-state index >= 15 is 0 Å². The molecule has 0 unspecified atom stereocenters. The summed E-state index contributed by atoms with van der Waals surface area (Å²) in [6.07, 6.45) is -1.91. The van der Waals surface area contributed by atoms with Crippen LogP contribution in [0, 0.1) is 0 Å². The highest BCUT2D eigenvalue weighted by molar-refractivity contribution is 6.06. The number of anilines is 1. The van der Waals surface area contributed by atoms with Gasteiger partial charge >= 0.3 is 6.18 Å². The number of hydrogen-bond acceptors (Lipinski definition) is 3. The Hall–Kier alpha value is -2.90. The van der Waals surface area contributed by atoms with Crippen LogP contribution in [0.25, 0.3) is 10.9 Å². The Morgan fingerprint density at radius 2 is 2.04 bits per heavy atom. The van der Waals surface area contributed by atoms with Gasteiger partial charge in [-0.25, -0.2) is 0 Å². The maximum Gasteiger partial charge on any atom is 0.437 e. The number of pyridine rings is 1. The van der Waals surface area contributed by atoms with Crippen LogP contribution >= 0.6 is 0 Å². The van der Waals surface area contributed by atoms with Gasteiger partial charge in [-0.1, -0.05) is 6.07 Å². The number of aromatic nitrogens is 3. The standard InChI is InChI=1S/C15H11F3N4O/c1-22-8-12(13(21-22)15(16,17)18)20-14(23)10-4-5-11-9(7-10)3-2-6-19-11/h2-8H,1H3,(H,20,23). The van der Waals surface area contributed by atoms with Crippen LogP contribution in [0.15, 0.2) is 42.7 Å². The predicted octanol–water partition coefficient (Wildman–Crippen LogP) is 3.24. The monoisotopic (exact) mass is 320 g/mol. The topological polar surface area (TPSA) is 59.8 Å². The van der Waals surface area contributed by atoms with Crippen molar-refractivity contribution in [2.75, 3.05) is 5.32 Å². The van der Waals surface area contributed by atoms with Crippen molar-refractivity contribution in [2.24, 2.45) is 7.05 Å². The van der Waals surface area contributed by atoms with Gasteiger partial charge < -0.3 is 5.32 Å². The number of hydrogen-bond donors (Lipinski definition) is 1. The van der Waals surface area contributed by atoms with E-state index < -0.39 is 17.8 Å². The summed E-state index contributed by atoms with van der Waals surface area (Å²) in [5, 5.41) is 6.33. The molecule has 0 saturated carbocycles. The van der Waals surface area contributed by atoms with Crippen LogP contribution in [0.5, 0.6) is 0 Å². The third kappa shape index (κ3) is 3.01. The number of carbonyl (C=O) groups excluding carboxylic acids is 1. The lowest BCUT2D eigenvalue weighted by Crippen LogP contribution is -2.16. The van der Waals surface area contributed by atoms with E-state index in [-0.39, 0.29) is 11.3 Å². The van der Waals surface area contributed by atoms with Gasteiger partial charge in [0, 0.05) is 30.4 Å². The Labute approximate surface area is 128 Å². The number of rotatable bonds is 2. The van der Waals surface area contributed by atoms with Crippen molar-refractivity contribution in [3.8, 4) is 0 Å². The molecule has 1 amide bonds. The number of fused-ring (bicyclic) bond motifs is 1. The van der Waals surface area contributed by atoms with Crippen molar-refractivity contribution in [2.45, 2.75) is 6.18 Å². The van der Waals surface area contributed by atoms with Crippen LogP contribution < -0.4 is 5.32 Å². The summed E-state index contributed by atoms with van der Waals surface area (Å²) in [6, 6.07) is 8.20. The Kier molecular flexibility index (Phi) is 3.51. The van der Waals surface area contributed by atoms with E-state index in [9.17, 15) is 18.0 Å². The molecule has 23 heavy (non-hydrogen) atoms. The quantitative estimate of drug-likeness (QED) is 0.788. The van der Waals surface area contributed by atoms with Crippen LogP contribution in [0.1, 0.15) is 16.1 Å². The van der Waals surface area contributed by atoms with Crippen molar-refractivity contribution >= 4 is 22.5 Å². The summed E-state index contributed by atoms with van der Waals surface area (Å²) in [7, 11) is 1.35. The molecule has 1 N–H and O–H groups in total. The van der Waals surface area contributed by atoms with Gasteiger partial charge in [0.2, 0.25) is 0 Å². The molecule has 2 heterocycles. The Morgan fingerprint density at radius 1 is 1.26 bits per heavy atom. The summed E-state index contributed by atoms with van der Waals surface area (Å²) in [6.45, 7) is 0. The summed E-state index contributed by atoms with van der Waals surface area (Å²) < 4.78 is 39.7. The molecule has 0 aliphatic rings. The molecule has 0 spiro atoms. The second-order valence-electron chi connectivity index (χ2n) is 4.93. The minimum atomic E-state index is -4.64. The van der Waals surface area contributed by atoms with Crippen molar-refractivity contribution in [1.29, 1.82) is 0 Å². The van der Waals surface area contributed by atoms with Crippen molar-refractivity contribution < 1.29 is 18.0 Å². The van der Waals surface area contributed by atoms with Crippen LogP contribution in [0.4, 0.5) is 18.9 Å². The number of nitrogens with one attached hydrogen (secondary N) is 1. The molecule has 0 fully saturated rings. The molecular weight excluding hydrogens is 309 g/mol. The zero-order chi connectivity index (χ0) is 16.6. The highest BCUT2D eigenvalue weighted by Gasteiger charge is 2.37. The molecule has 5 nitrogen and oxygen atoms in total. The lowest BCUT2D eigenvalue weighted by molar-refractivity contribution is -0.140. The second kappa shape index (κ2) is 5.38. The van der Waals surface area contributed by atoms with Gasteiger partial charge in [0.05, 0.1) is 11.2 Å². The zero-order valence-corrected chi connectivity index (χ0v) is 11.9. The van der Waals surface area contributed by atoms with E-state index in [1.807, 2.05) is 0 Å². The van der Waals surface area contributed by atoms with E-state index in [0.29, 0.717) is 5.52 Å². The number of halogens is 3. The average Bonchev–Trinajstić information content (AvgIpc) is 2.87. The third-order valence-corrected chi connectivity index (χ3v) is 3.21. The van der Waals surface area contributed by atoms with Gasteiger partial charge in [0.15, 0.2) is 5.69 Å². The van der Waals surface area contributed by atoms with Crippen molar-refractivity contribution in [3.05, 3.63) is 54.0 Å². The summed E-state index contributed by atoms with van der Waals surface area (Å²) in [4.78, 5) is 16.3. The number of carbonyl (C=O) groups is 1. The first-order chi connectivity index (χ1) is 10.8. The molecule has 0 aliphatic heterocycles. The maximum absolute atomic E-state index is 12.9. The number of aryl methyl sites for hydroxylation is 1. The van der Waals surface area contributed by atoms with Crippen LogP contribution in [0.3, 0.4) is 0 Å². The summed E-state index contributed by atoms with van der Waals surface area (Å²) >= 11 is 0. The van der Waals surface area contributed by atoms with Gasteiger partial charge in [0.1, 0.15) is 0 Å². The van der Waals surface area contributed by atoms with Crippen LogP contribution in [-0.2, 0) is 13.2 Å². The molecule has 0 radical (unpaired) electrons. The highest BCUT2D eigenvalue weighted by atomic mass is 19.4. The Balaban J connectivity index is 1.92. The lowest BCUT2D eigenvalue weighted by Gasteiger charge is -2.08. The summed E-state index contributed by atoms with van der Waals surface area (Å²) in [5.74, 6) is -0.644.